The van der Waals surface area contributed by atoms with Gasteiger partial charge in [0.2, 0.25) is 11.5 Å². The molecule has 0 saturated carbocycles. The van der Waals surface area contributed by atoms with Gasteiger partial charge in [-0.15, -0.1) is 0 Å². The SMILES string of the molecule is NC(=O)CC(CC(=O)O)(OC(=O)CC(O)(CC(=O)O)C(=O)O)C(=O)O.[H-].[H-].[Sr+2]. The predicted molar refractivity (Wildman–Crippen MR) is 80.0 cm³/mol. The molecule has 0 aliphatic carbocycles. The van der Waals surface area contributed by atoms with E-state index in [0.29, 0.717) is 0 Å². The zero-order valence-corrected chi connectivity index (χ0v) is 16.7. The molecule has 0 saturated heterocycles. The van der Waals surface area contributed by atoms with Crippen LogP contribution < -0.4 is 5.73 Å². The van der Waals surface area contributed by atoms with E-state index >= 15 is 0 Å². The molecule has 2 atom stereocenters. The minimum Gasteiger partial charge on any atom is -1.00 e. The molecule has 13 nitrogen and oxygen atoms in total. The molecule has 0 aromatic carbocycles. The Kier molecular flexibility index (Phi) is 10.6. The second-order valence-corrected chi connectivity index (χ2v) is 5.07. The van der Waals surface area contributed by atoms with Gasteiger partial charge in [-0.25, -0.2) is 9.59 Å². The average molecular weight is 455 g/mol. The Morgan fingerprint density at radius 1 is 0.808 bits per heavy atom. The quantitative estimate of drug-likeness (QED) is 0.137. The van der Waals surface area contributed by atoms with Crippen molar-refractivity contribution in [3.8, 4) is 0 Å². The van der Waals surface area contributed by atoms with Gasteiger partial charge in [0.05, 0.1) is 25.7 Å². The van der Waals surface area contributed by atoms with Crippen molar-refractivity contribution in [2.75, 3.05) is 0 Å². The van der Waals surface area contributed by atoms with E-state index in [0.717, 1.165) is 0 Å². The number of aliphatic hydroxyl groups is 1. The standard InChI is InChI=1S/C12H15NO12.Sr.2H/c13-5(14)1-12(10(22)23,3-7(17)18)25-8(19)4-11(24,9(20)21)2-6(15)16;;;/h24H,1-4H2,(H2,13,14)(H,15,16)(H,17,18)(H,20,21)(H,22,23);;;/q;+2;2*-1. The van der Waals surface area contributed by atoms with Crippen LogP contribution in [0.3, 0.4) is 0 Å². The van der Waals surface area contributed by atoms with E-state index in [1.807, 2.05) is 0 Å². The monoisotopic (exact) mass is 455 g/mol. The second-order valence-electron chi connectivity index (χ2n) is 5.07. The average Bonchev–Trinajstić information content (AvgIpc) is 2.34. The molecule has 0 bridgehead atoms. The maximum Gasteiger partial charge on any atom is 2.00 e. The molecule has 0 aromatic rings. The van der Waals surface area contributed by atoms with E-state index < -0.39 is 72.6 Å². The molecule has 144 valence electrons. The molecule has 0 aliphatic heterocycles. The van der Waals surface area contributed by atoms with Crippen molar-refractivity contribution < 1.29 is 61.9 Å². The van der Waals surface area contributed by atoms with E-state index in [1.165, 1.54) is 0 Å². The van der Waals surface area contributed by atoms with Gasteiger partial charge in [-0.3, -0.25) is 19.2 Å². The number of hydrogen-bond donors (Lipinski definition) is 6. The van der Waals surface area contributed by atoms with Gasteiger partial charge in [-0.05, 0) is 0 Å². The molecule has 1 amide bonds. The summed E-state index contributed by atoms with van der Waals surface area (Å²) < 4.78 is 4.41. The van der Waals surface area contributed by atoms with Crippen LogP contribution in [-0.2, 0) is 33.5 Å². The van der Waals surface area contributed by atoms with E-state index in [1.54, 1.807) is 0 Å². The number of carbonyl (C=O) groups excluding carboxylic acids is 2. The zero-order chi connectivity index (χ0) is 20.0. The van der Waals surface area contributed by atoms with Gasteiger partial charge in [0.1, 0.15) is 0 Å². The van der Waals surface area contributed by atoms with Crippen molar-refractivity contribution in [3.05, 3.63) is 0 Å². The van der Waals surface area contributed by atoms with Gasteiger partial charge in [-0.2, -0.15) is 0 Å². The first-order valence-corrected chi connectivity index (χ1v) is 6.37. The Bertz CT molecular complexity index is 612. The minimum absolute atomic E-state index is 0. The van der Waals surface area contributed by atoms with Crippen molar-refractivity contribution in [3.63, 3.8) is 0 Å². The molecule has 14 heteroatoms. The molecule has 26 heavy (non-hydrogen) atoms. The zero-order valence-electron chi connectivity index (χ0n) is 15.2. The summed E-state index contributed by atoms with van der Waals surface area (Å²) in [5, 5.41) is 44.9. The number of primary amides is 1. The number of amides is 1. The minimum atomic E-state index is -3.14. The third-order valence-corrected chi connectivity index (χ3v) is 2.87. The van der Waals surface area contributed by atoms with Crippen LogP contribution in [0.25, 0.3) is 0 Å². The van der Waals surface area contributed by atoms with Crippen LogP contribution in [0.1, 0.15) is 28.5 Å². The van der Waals surface area contributed by atoms with E-state index in [9.17, 15) is 33.9 Å². The van der Waals surface area contributed by atoms with Crippen molar-refractivity contribution in [2.24, 2.45) is 5.73 Å². The molecule has 0 radical (unpaired) electrons. The van der Waals surface area contributed by atoms with Crippen LogP contribution in [0, 0.1) is 0 Å². The van der Waals surface area contributed by atoms with E-state index in [4.69, 9.17) is 26.2 Å². The molecular weight excluding hydrogens is 438 g/mol. The van der Waals surface area contributed by atoms with Gasteiger partial charge < -0.3 is 38.9 Å². The molecule has 0 spiro atoms. The van der Waals surface area contributed by atoms with Crippen LogP contribution in [0.2, 0.25) is 0 Å². The summed E-state index contributed by atoms with van der Waals surface area (Å²) in [7, 11) is 0. The van der Waals surface area contributed by atoms with Crippen LogP contribution in [0.5, 0.6) is 0 Å². The maximum atomic E-state index is 11.8. The summed E-state index contributed by atoms with van der Waals surface area (Å²) in [5.41, 5.74) is -1.28. The van der Waals surface area contributed by atoms with Gasteiger partial charge in [-0.1, -0.05) is 0 Å². The fraction of sp³-hybridized carbons (Fsp3) is 0.500. The normalized spacial score (nSPS) is 14.7. The number of aliphatic carboxylic acids is 4. The summed E-state index contributed by atoms with van der Waals surface area (Å²) in [6, 6.07) is 0. The number of esters is 1. The second kappa shape index (κ2) is 10.4. The smallest absolute Gasteiger partial charge is 1.00 e. The van der Waals surface area contributed by atoms with Crippen molar-refractivity contribution in [2.45, 2.75) is 36.9 Å². The summed E-state index contributed by atoms with van der Waals surface area (Å²) in [6.07, 6.45) is -5.57. The molecule has 0 aromatic heterocycles. The Morgan fingerprint density at radius 2 is 1.27 bits per heavy atom. The number of hydrogen-bond acceptors (Lipinski definition) is 8. The predicted octanol–water partition coefficient (Wildman–Crippen LogP) is -2.77. The maximum absolute atomic E-state index is 11.8. The van der Waals surface area contributed by atoms with Crippen molar-refractivity contribution in [1.29, 1.82) is 0 Å². The first-order valence-electron chi connectivity index (χ1n) is 6.37. The fourth-order valence-electron chi connectivity index (χ4n) is 1.81. The van der Waals surface area contributed by atoms with Gasteiger partial charge in [0.25, 0.3) is 0 Å². The molecule has 0 fully saturated rings. The summed E-state index contributed by atoms with van der Waals surface area (Å²) in [5.74, 6) is -10.8. The summed E-state index contributed by atoms with van der Waals surface area (Å²) >= 11 is 0. The van der Waals surface area contributed by atoms with Crippen LogP contribution in [0.15, 0.2) is 0 Å². The van der Waals surface area contributed by atoms with Gasteiger partial charge >= 0.3 is 75.3 Å². The molecule has 0 heterocycles. The van der Waals surface area contributed by atoms with Gasteiger partial charge in [0, 0.05) is 0 Å². The first-order chi connectivity index (χ1) is 11.2. The number of ether oxygens (including phenoxy) is 1. The third kappa shape index (κ3) is 8.09. The Labute approximate surface area is 185 Å². The fourth-order valence-corrected chi connectivity index (χ4v) is 1.81. The molecule has 2 unspecified atom stereocenters. The third-order valence-electron chi connectivity index (χ3n) is 2.87. The molecule has 7 N–H and O–H groups in total. The Balaban J connectivity index is -0.000000960. The molecule has 0 aliphatic rings. The van der Waals surface area contributed by atoms with E-state index in [2.05, 4.69) is 4.74 Å². The molecule has 0 rings (SSSR count). The Morgan fingerprint density at radius 3 is 1.58 bits per heavy atom. The van der Waals surface area contributed by atoms with Crippen LogP contribution >= 0.6 is 0 Å². The number of carboxylic acid groups (broad SMARTS) is 4. The van der Waals surface area contributed by atoms with Crippen molar-refractivity contribution in [1.82, 2.24) is 0 Å². The first kappa shape index (κ1) is 26.5. The summed E-state index contributed by atoms with van der Waals surface area (Å²) in [6.45, 7) is 0. The van der Waals surface area contributed by atoms with Crippen LogP contribution in [0.4, 0.5) is 0 Å². The summed E-state index contributed by atoms with van der Waals surface area (Å²) in [4.78, 5) is 66.4. The molecular formula is C12H17NO12Sr. The number of nitrogens with two attached hydrogens (primary N) is 1. The van der Waals surface area contributed by atoms with Crippen molar-refractivity contribution >= 4 is 81.2 Å². The number of rotatable bonds is 11. The number of carboxylic acids is 4. The largest absolute Gasteiger partial charge is 2.00 e. The van der Waals surface area contributed by atoms with Gasteiger partial charge in [0.15, 0.2) is 5.60 Å². The van der Waals surface area contributed by atoms with E-state index in [-0.39, 0.29) is 48.3 Å². The topological polar surface area (TPSA) is 239 Å². The van der Waals surface area contributed by atoms with Crippen LogP contribution in [-0.4, -0.2) is 118 Å². The number of carbonyl (C=O) groups is 6. The Hall–Kier alpha value is -1.74.